The molecular formula is C13H21N3O3. The van der Waals surface area contributed by atoms with Crippen LogP contribution in [0.5, 0.6) is 0 Å². The predicted octanol–water partition coefficient (Wildman–Crippen LogP) is 2.21. The Kier molecular flexibility index (Phi) is 3.54. The molecule has 1 aliphatic heterocycles. The Hall–Kier alpha value is -1.56. The van der Waals surface area contributed by atoms with Crippen molar-refractivity contribution in [3.63, 3.8) is 0 Å². The quantitative estimate of drug-likeness (QED) is 0.842. The first-order valence-electron chi connectivity index (χ1n) is 6.47. The maximum absolute atomic E-state index is 12.1. The molecule has 2 amide bonds. The Morgan fingerprint density at radius 1 is 1.53 bits per heavy atom. The monoisotopic (exact) mass is 267 g/mol. The van der Waals surface area contributed by atoms with Gasteiger partial charge < -0.3 is 9.26 Å². The van der Waals surface area contributed by atoms with E-state index in [2.05, 4.69) is 5.16 Å². The van der Waals surface area contributed by atoms with Gasteiger partial charge in [-0.25, -0.2) is 4.79 Å². The fourth-order valence-corrected chi connectivity index (χ4v) is 1.97. The van der Waals surface area contributed by atoms with Crippen LogP contribution in [0.25, 0.3) is 0 Å². The minimum absolute atomic E-state index is 0.118. The van der Waals surface area contributed by atoms with Crippen LogP contribution in [0.3, 0.4) is 0 Å². The highest BCUT2D eigenvalue weighted by molar-refractivity contribution is 5.93. The number of carbonyl (C=O) groups excluding carboxylic acids is 1. The third-order valence-corrected chi connectivity index (χ3v) is 3.18. The van der Waals surface area contributed by atoms with Crippen LogP contribution >= 0.6 is 0 Å². The molecule has 1 fully saturated rings. The van der Waals surface area contributed by atoms with Crippen molar-refractivity contribution in [2.75, 3.05) is 25.1 Å². The average Bonchev–Trinajstić information content (AvgIpc) is 2.89. The number of nitrogens with zero attached hydrogens (tertiary/aromatic N) is 3. The van der Waals surface area contributed by atoms with Crippen molar-refractivity contribution in [1.29, 1.82) is 0 Å². The van der Waals surface area contributed by atoms with E-state index in [1.165, 1.54) is 0 Å². The molecule has 19 heavy (non-hydrogen) atoms. The molecule has 1 unspecified atom stereocenters. The summed E-state index contributed by atoms with van der Waals surface area (Å²) in [7, 11) is 1.73. The third kappa shape index (κ3) is 2.58. The van der Waals surface area contributed by atoms with E-state index in [1.807, 2.05) is 33.8 Å². The van der Waals surface area contributed by atoms with Gasteiger partial charge in [0, 0.05) is 25.1 Å². The second-order valence-corrected chi connectivity index (χ2v) is 5.71. The van der Waals surface area contributed by atoms with Crippen LogP contribution in [0.2, 0.25) is 0 Å². The molecule has 1 aromatic heterocycles. The van der Waals surface area contributed by atoms with Gasteiger partial charge in [0.05, 0.1) is 6.54 Å². The number of aromatic nitrogens is 1. The van der Waals surface area contributed by atoms with E-state index >= 15 is 0 Å². The van der Waals surface area contributed by atoms with E-state index in [0.717, 1.165) is 5.76 Å². The zero-order valence-electron chi connectivity index (χ0n) is 12.1. The van der Waals surface area contributed by atoms with E-state index in [0.29, 0.717) is 19.0 Å². The third-order valence-electron chi connectivity index (χ3n) is 3.18. The standard InChI is InChI=1S/C13H21N3O3/c1-6-18-11-8-16(12(17)15(11)5)10-7-9(19-14-10)13(2,3)4/h7,11H,6,8H2,1-5H3. The average molecular weight is 267 g/mol. The lowest BCUT2D eigenvalue weighted by Gasteiger charge is -2.16. The van der Waals surface area contributed by atoms with E-state index in [4.69, 9.17) is 9.26 Å². The summed E-state index contributed by atoms with van der Waals surface area (Å²) in [5.41, 5.74) is -0.126. The molecule has 0 saturated carbocycles. The molecule has 2 heterocycles. The summed E-state index contributed by atoms with van der Waals surface area (Å²) >= 11 is 0. The van der Waals surface area contributed by atoms with Gasteiger partial charge >= 0.3 is 6.03 Å². The second kappa shape index (κ2) is 4.85. The lowest BCUT2D eigenvalue weighted by atomic mass is 9.93. The zero-order valence-corrected chi connectivity index (χ0v) is 12.1. The van der Waals surface area contributed by atoms with Crippen LogP contribution in [0.15, 0.2) is 10.6 Å². The number of hydrogen-bond acceptors (Lipinski definition) is 4. The number of urea groups is 1. The molecule has 1 aromatic rings. The Bertz CT molecular complexity index is 464. The largest absolute Gasteiger partial charge is 0.359 e. The van der Waals surface area contributed by atoms with Gasteiger partial charge in [-0.15, -0.1) is 0 Å². The number of hydrogen-bond donors (Lipinski definition) is 0. The van der Waals surface area contributed by atoms with E-state index < -0.39 is 0 Å². The predicted molar refractivity (Wildman–Crippen MR) is 71.1 cm³/mol. The first kappa shape index (κ1) is 13.9. The number of anilines is 1. The summed E-state index contributed by atoms with van der Waals surface area (Å²) in [6.07, 6.45) is -0.229. The maximum atomic E-state index is 12.1. The molecule has 6 nitrogen and oxygen atoms in total. The SMILES string of the molecule is CCOC1CN(c2cc(C(C)(C)C)on2)C(=O)N1C. The molecule has 1 atom stereocenters. The van der Waals surface area contributed by atoms with Gasteiger partial charge in [0.15, 0.2) is 12.0 Å². The highest BCUT2D eigenvalue weighted by atomic mass is 16.5. The minimum Gasteiger partial charge on any atom is -0.359 e. The van der Waals surface area contributed by atoms with Crippen LogP contribution in [-0.2, 0) is 10.2 Å². The molecule has 0 bridgehead atoms. The normalized spacial score (nSPS) is 20.5. The van der Waals surface area contributed by atoms with E-state index in [-0.39, 0.29) is 17.7 Å². The zero-order chi connectivity index (χ0) is 14.2. The second-order valence-electron chi connectivity index (χ2n) is 5.71. The fourth-order valence-electron chi connectivity index (χ4n) is 1.97. The van der Waals surface area contributed by atoms with Crippen molar-refractivity contribution in [2.24, 2.45) is 0 Å². The van der Waals surface area contributed by atoms with Gasteiger partial charge in [-0.05, 0) is 6.92 Å². The highest BCUT2D eigenvalue weighted by Gasteiger charge is 2.38. The topological polar surface area (TPSA) is 58.8 Å². The summed E-state index contributed by atoms with van der Waals surface area (Å²) in [5.74, 6) is 1.31. The summed E-state index contributed by atoms with van der Waals surface area (Å²) in [6, 6.07) is 1.70. The first-order chi connectivity index (χ1) is 8.84. The summed E-state index contributed by atoms with van der Waals surface area (Å²) in [4.78, 5) is 15.3. The van der Waals surface area contributed by atoms with Crippen LogP contribution in [0.1, 0.15) is 33.5 Å². The lowest BCUT2D eigenvalue weighted by molar-refractivity contribution is 0.00385. The summed E-state index contributed by atoms with van der Waals surface area (Å²) in [6.45, 7) is 9.07. The molecule has 106 valence electrons. The number of rotatable bonds is 3. The van der Waals surface area contributed by atoms with Gasteiger partial charge in [0.2, 0.25) is 0 Å². The van der Waals surface area contributed by atoms with Gasteiger partial charge in [0.25, 0.3) is 0 Å². The molecular weight excluding hydrogens is 246 g/mol. The van der Waals surface area contributed by atoms with Crippen LogP contribution in [0.4, 0.5) is 10.6 Å². The number of ether oxygens (including phenoxy) is 1. The fraction of sp³-hybridized carbons (Fsp3) is 0.692. The van der Waals surface area contributed by atoms with Crippen molar-refractivity contribution in [2.45, 2.75) is 39.3 Å². The maximum Gasteiger partial charge on any atom is 0.327 e. The number of carbonyl (C=O) groups is 1. The Morgan fingerprint density at radius 2 is 2.21 bits per heavy atom. The van der Waals surface area contributed by atoms with Crippen LogP contribution in [0, 0.1) is 0 Å². The molecule has 6 heteroatoms. The molecule has 0 spiro atoms. The van der Waals surface area contributed by atoms with Gasteiger partial charge in [-0.3, -0.25) is 9.80 Å². The number of amides is 2. The van der Waals surface area contributed by atoms with Crippen molar-refractivity contribution in [1.82, 2.24) is 10.1 Å². The smallest absolute Gasteiger partial charge is 0.327 e. The molecule has 1 saturated heterocycles. The Balaban J connectivity index is 2.19. The summed E-state index contributed by atoms with van der Waals surface area (Å²) < 4.78 is 10.8. The molecule has 2 rings (SSSR count). The van der Waals surface area contributed by atoms with Crippen molar-refractivity contribution < 1.29 is 14.1 Å². The Labute approximate surface area is 113 Å². The van der Waals surface area contributed by atoms with Gasteiger partial charge in [-0.2, -0.15) is 0 Å². The van der Waals surface area contributed by atoms with Crippen molar-refractivity contribution >= 4 is 11.8 Å². The highest BCUT2D eigenvalue weighted by Crippen LogP contribution is 2.28. The number of likely N-dealkylation sites (N-methyl/N-ethyl adjacent to an activating group) is 1. The van der Waals surface area contributed by atoms with E-state index in [9.17, 15) is 4.79 Å². The van der Waals surface area contributed by atoms with E-state index in [1.54, 1.807) is 16.8 Å². The van der Waals surface area contributed by atoms with Gasteiger partial charge in [-0.1, -0.05) is 25.9 Å². The van der Waals surface area contributed by atoms with Crippen molar-refractivity contribution in [3.8, 4) is 0 Å². The van der Waals surface area contributed by atoms with Crippen LogP contribution in [-0.4, -0.2) is 42.5 Å². The Morgan fingerprint density at radius 3 is 2.74 bits per heavy atom. The molecule has 1 aliphatic rings. The first-order valence-corrected chi connectivity index (χ1v) is 6.47. The summed E-state index contributed by atoms with van der Waals surface area (Å²) in [5, 5.41) is 3.99. The molecule has 0 N–H and O–H groups in total. The lowest BCUT2D eigenvalue weighted by Crippen LogP contribution is -2.32. The van der Waals surface area contributed by atoms with Gasteiger partial charge in [0.1, 0.15) is 5.76 Å². The molecule has 0 radical (unpaired) electrons. The minimum atomic E-state index is -0.229. The molecule has 0 aromatic carbocycles. The van der Waals surface area contributed by atoms with Crippen molar-refractivity contribution in [3.05, 3.63) is 11.8 Å². The van der Waals surface area contributed by atoms with Crippen LogP contribution < -0.4 is 4.90 Å². The molecule has 0 aliphatic carbocycles.